The van der Waals surface area contributed by atoms with Crippen molar-refractivity contribution in [1.82, 2.24) is 15.5 Å². The minimum absolute atomic E-state index is 0. The Balaban J connectivity index is 0.00000312. The average Bonchev–Trinajstić information content (AvgIpc) is 2.87. The number of nitrogens with zero attached hydrogens (tertiary/aromatic N) is 2. The fraction of sp³-hybridized carbons (Fsp3) is 0.667. The number of hydrogen-bond acceptors (Lipinski definition) is 3. The topological polar surface area (TPSA) is 56.7 Å². The highest BCUT2D eigenvalue weighted by Crippen LogP contribution is 2.15. The molecule has 1 aromatic rings. The molecule has 0 bridgehead atoms. The second-order valence-corrected chi connectivity index (χ2v) is 7.55. The van der Waals surface area contributed by atoms with Gasteiger partial charge in [-0.15, -0.1) is 35.3 Å². The number of thiophene rings is 1. The largest absolute Gasteiger partial charge is 0.357 e. The van der Waals surface area contributed by atoms with E-state index in [2.05, 4.69) is 41.6 Å². The van der Waals surface area contributed by atoms with Crippen molar-refractivity contribution in [2.45, 2.75) is 52.5 Å². The van der Waals surface area contributed by atoms with Crippen LogP contribution >= 0.6 is 35.3 Å². The number of hydrogen-bond donors (Lipinski definition) is 2. The van der Waals surface area contributed by atoms with Crippen LogP contribution in [-0.4, -0.2) is 42.9 Å². The van der Waals surface area contributed by atoms with E-state index >= 15 is 0 Å². The van der Waals surface area contributed by atoms with Crippen LogP contribution in [-0.2, 0) is 11.3 Å². The van der Waals surface area contributed by atoms with Gasteiger partial charge in [0, 0.05) is 42.4 Å². The molecule has 5 nitrogen and oxygen atoms in total. The Morgan fingerprint density at radius 3 is 2.84 bits per heavy atom. The van der Waals surface area contributed by atoms with Gasteiger partial charge in [-0.05, 0) is 45.2 Å². The van der Waals surface area contributed by atoms with Gasteiger partial charge >= 0.3 is 0 Å². The number of amides is 1. The van der Waals surface area contributed by atoms with Gasteiger partial charge in [-0.25, -0.2) is 4.99 Å². The fourth-order valence-electron chi connectivity index (χ4n) is 2.82. The van der Waals surface area contributed by atoms with Crippen LogP contribution < -0.4 is 10.6 Å². The van der Waals surface area contributed by atoms with E-state index in [1.807, 2.05) is 4.90 Å². The molecule has 0 spiro atoms. The standard InChI is InChI=1S/C18H30N4OS.HI/c1-3-19-18(21-14-16-10-9-15(2)24-16)20-11-7-13-22-12-6-4-5-8-17(22)23;/h9-10H,3-8,11-14H2,1-2H3,(H2,19,20,21);1H. The zero-order valence-electron chi connectivity index (χ0n) is 15.3. The maximum atomic E-state index is 12.0. The summed E-state index contributed by atoms with van der Waals surface area (Å²) in [4.78, 5) is 21.2. The molecule has 2 N–H and O–H groups in total. The summed E-state index contributed by atoms with van der Waals surface area (Å²) in [5, 5.41) is 6.65. The molecule has 1 saturated heterocycles. The molecule has 0 radical (unpaired) electrons. The first-order valence-electron chi connectivity index (χ1n) is 9.04. The van der Waals surface area contributed by atoms with Crippen LogP contribution in [0.3, 0.4) is 0 Å². The van der Waals surface area contributed by atoms with E-state index in [1.165, 1.54) is 16.2 Å². The minimum atomic E-state index is 0. The van der Waals surface area contributed by atoms with E-state index in [9.17, 15) is 4.79 Å². The van der Waals surface area contributed by atoms with Crippen molar-refractivity contribution >= 4 is 47.2 Å². The highest BCUT2D eigenvalue weighted by atomic mass is 127. The van der Waals surface area contributed by atoms with Gasteiger partial charge in [0.1, 0.15) is 0 Å². The van der Waals surface area contributed by atoms with Gasteiger partial charge in [0.15, 0.2) is 5.96 Å². The molecule has 7 heteroatoms. The Kier molecular flexibility index (Phi) is 11.1. The third kappa shape index (κ3) is 8.40. The monoisotopic (exact) mass is 478 g/mol. The SMILES string of the molecule is CCNC(=NCc1ccc(C)s1)NCCCN1CCCCCC1=O.I. The van der Waals surface area contributed by atoms with Gasteiger partial charge in [0.25, 0.3) is 0 Å². The number of aliphatic imine (C=N–C) groups is 1. The van der Waals surface area contributed by atoms with Gasteiger partial charge in [-0.2, -0.15) is 0 Å². The molecule has 0 unspecified atom stereocenters. The van der Waals surface area contributed by atoms with Crippen LogP contribution in [0.4, 0.5) is 0 Å². The molecule has 0 aromatic carbocycles. The molecule has 1 fully saturated rings. The summed E-state index contributed by atoms with van der Waals surface area (Å²) in [6.45, 7) is 8.34. The zero-order valence-corrected chi connectivity index (χ0v) is 18.5. The Morgan fingerprint density at radius 1 is 1.28 bits per heavy atom. The summed E-state index contributed by atoms with van der Waals surface area (Å²) >= 11 is 1.79. The van der Waals surface area contributed by atoms with Crippen molar-refractivity contribution < 1.29 is 4.79 Å². The maximum absolute atomic E-state index is 12.0. The summed E-state index contributed by atoms with van der Waals surface area (Å²) in [6.07, 6.45) is 5.04. The molecule has 2 rings (SSSR count). The average molecular weight is 478 g/mol. The number of rotatable bonds is 7. The summed E-state index contributed by atoms with van der Waals surface area (Å²) in [5.41, 5.74) is 0. The van der Waals surface area contributed by atoms with Crippen LogP contribution in [0.25, 0.3) is 0 Å². The van der Waals surface area contributed by atoms with E-state index in [1.54, 1.807) is 11.3 Å². The van der Waals surface area contributed by atoms with Crippen molar-refractivity contribution in [2.75, 3.05) is 26.2 Å². The third-order valence-corrected chi connectivity index (χ3v) is 5.09. The number of guanidine groups is 1. The Morgan fingerprint density at radius 2 is 2.12 bits per heavy atom. The number of carbonyl (C=O) groups is 1. The molecule has 25 heavy (non-hydrogen) atoms. The second kappa shape index (κ2) is 12.5. The quantitative estimate of drug-likeness (QED) is 0.273. The third-order valence-electron chi connectivity index (χ3n) is 4.10. The molecule has 0 aliphatic carbocycles. The summed E-state index contributed by atoms with van der Waals surface area (Å²) in [6, 6.07) is 4.27. The number of likely N-dealkylation sites (tertiary alicyclic amines) is 1. The highest BCUT2D eigenvalue weighted by Gasteiger charge is 2.15. The van der Waals surface area contributed by atoms with E-state index in [4.69, 9.17) is 0 Å². The molecule has 2 heterocycles. The molecular weight excluding hydrogens is 447 g/mol. The van der Waals surface area contributed by atoms with Gasteiger partial charge in [-0.3, -0.25) is 4.79 Å². The van der Waals surface area contributed by atoms with Crippen LogP contribution in [0.2, 0.25) is 0 Å². The number of aryl methyl sites for hydroxylation is 1. The molecular formula is C18H31IN4OS. The lowest BCUT2D eigenvalue weighted by atomic mass is 10.2. The lowest BCUT2D eigenvalue weighted by Crippen LogP contribution is -2.39. The molecule has 1 aromatic heterocycles. The first-order valence-corrected chi connectivity index (χ1v) is 9.86. The maximum Gasteiger partial charge on any atom is 0.222 e. The van der Waals surface area contributed by atoms with Crippen LogP contribution in [0.15, 0.2) is 17.1 Å². The smallest absolute Gasteiger partial charge is 0.222 e. The van der Waals surface area contributed by atoms with Crippen molar-refractivity contribution in [3.05, 3.63) is 21.9 Å². The van der Waals surface area contributed by atoms with E-state index in [0.29, 0.717) is 12.5 Å². The van der Waals surface area contributed by atoms with E-state index in [-0.39, 0.29) is 24.0 Å². The predicted octanol–water partition coefficient (Wildman–Crippen LogP) is 3.52. The van der Waals surface area contributed by atoms with Crippen LogP contribution in [0.1, 0.15) is 48.8 Å². The van der Waals surface area contributed by atoms with Crippen molar-refractivity contribution in [3.63, 3.8) is 0 Å². The van der Waals surface area contributed by atoms with Crippen LogP contribution in [0, 0.1) is 6.92 Å². The molecule has 1 amide bonds. The molecule has 1 aliphatic rings. The first kappa shape index (κ1) is 22.2. The fourth-order valence-corrected chi connectivity index (χ4v) is 3.64. The Bertz CT molecular complexity index is 547. The van der Waals surface area contributed by atoms with Crippen LogP contribution in [0.5, 0.6) is 0 Å². The molecule has 0 atom stereocenters. The minimum Gasteiger partial charge on any atom is -0.357 e. The first-order chi connectivity index (χ1) is 11.7. The number of nitrogens with one attached hydrogen (secondary N) is 2. The van der Waals surface area contributed by atoms with Gasteiger partial charge in [-0.1, -0.05) is 6.42 Å². The predicted molar refractivity (Wildman–Crippen MR) is 117 cm³/mol. The number of carbonyl (C=O) groups excluding carboxylic acids is 1. The zero-order chi connectivity index (χ0) is 17.2. The van der Waals surface area contributed by atoms with Gasteiger partial charge in [0.05, 0.1) is 6.54 Å². The van der Waals surface area contributed by atoms with Crippen molar-refractivity contribution in [2.24, 2.45) is 4.99 Å². The normalized spacial score (nSPS) is 15.5. The van der Waals surface area contributed by atoms with Gasteiger partial charge in [0.2, 0.25) is 5.91 Å². The number of halogens is 1. The van der Waals surface area contributed by atoms with E-state index in [0.717, 1.165) is 57.8 Å². The summed E-state index contributed by atoms with van der Waals surface area (Å²) in [7, 11) is 0. The summed E-state index contributed by atoms with van der Waals surface area (Å²) < 4.78 is 0. The highest BCUT2D eigenvalue weighted by molar-refractivity contribution is 14.0. The molecule has 0 saturated carbocycles. The van der Waals surface area contributed by atoms with E-state index < -0.39 is 0 Å². The second-order valence-electron chi connectivity index (χ2n) is 6.18. The molecule has 142 valence electrons. The lowest BCUT2D eigenvalue weighted by Gasteiger charge is -2.20. The van der Waals surface area contributed by atoms with Crippen molar-refractivity contribution in [1.29, 1.82) is 0 Å². The lowest BCUT2D eigenvalue weighted by molar-refractivity contribution is -0.130. The molecule has 1 aliphatic heterocycles. The Labute approximate surface area is 172 Å². The summed E-state index contributed by atoms with van der Waals surface area (Å²) in [5.74, 6) is 1.17. The Hall–Kier alpha value is -0.830. The van der Waals surface area contributed by atoms with Gasteiger partial charge < -0.3 is 15.5 Å². The van der Waals surface area contributed by atoms with Crippen molar-refractivity contribution in [3.8, 4) is 0 Å².